The number of carbonyl (C=O) groups excluding carboxylic acids is 1. The number of carboxylic acids is 1. The fourth-order valence-corrected chi connectivity index (χ4v) is 2.54. The van der Waals surface area contributed by atoms with Crippen LogP contribution in [0.15, 0.2) is 30.3 Å². The van der Waals surface area contributed by atoms with Gasteiger partial charge in [-0.15, -0.1) is 0 Å². The summed E-state index contributed by atoms with van der Waals surface area (Å²) in [6.07, 6.45) is -2.11. The zero-order valence-electron chi connectivity index (χ0n) is 11.8. The lowest BCUT2D eigenvalue weighted by atomic mass is 9.83. The van der Waals surface area contributed by atoms with Crippen molar-refractivity contribution in [3.05, 3.63) is 35.9 Å². The van der Waals surface area contributed by atoms with Crippen LogP contribution in [0.2, 0.25) is 0 Å². The van der Waals surface area contributed by atoms with Crippen molar-refractivity contribution in [3.8, 4) is 0 Å². The van der Waals surface area contributed by atoms with Gasteiger partial charge < -0.3 is 15.2 Å². The topological polar surface area (TPSA) is 75.6 Å². The van der Waals surface area contributed by atoms with Gasteiger partial charge in [-0.3, -0.25) is 4.79 Å². The van der Waals surface area contributed by atoms with E-state index in [0.717, 1.165) is 5.56 Å². The summed E-state index contributed by atoms with van der Waals surface area (Å²) in [6.45, 7) is 0.0259. The van der Waals surface area contributed by atoms with Gasteiger partial charge in [-0.05, 0) is 12.0 Å². The maximum atomic E-state index is 13.5. The Balaban J connectivity index is 1.86. The Morgan fingerprint density at radius 1 is 1.27 bits per heavy atom. The van der Waals surface area contributed by atoms with Crippen molar-refractivity contribution in [1.82, 2.24) is 5.32 Å². The first-order chi connectivity index (χ1) is 10.4. The zero-order valence-corrected chi connectivity index (χ0v) is 11.8. The molecule has 5 nitrogen and oxygen atoms in total. The number of rotatable bonds is 4. The van der Waals surface area contributed by atoms with Gasteiger partial charge in [0.2, 0.25) is 0 Å². The lowest BCUT2D eigenvalue weighted by Crippen LogP contribution is -2.46. The monoisotopic (exact) mass is 313 g/mol. The van der Waals surface area contributed by atoms with Gasteiger partial charge in [-0.25, -0.2) is 13.6 Å². The van der Waals surface area contributed by atoms with E-state index in [9.17, 15) is 18.4 Å². The van der Waals surface area contributed by atoms with Crippen LogP contribution in [0.3, 0.4) is 0 Å². The molecule has 1 saturated carbocycles. The molecular weight excluding hydrogens is 296 g/mol. The molecule has 1 aliphatic rings. The summed E-state index contributed by atoms with van der Waals surface area (Å²) in [7, 11) is 0. The standard InChI is InChI=1S/C15H17F2NO4/c16-15(17)7-11(13(19)20)6-12(8-15)18-14(21)22-9-10-4-2-1-3-5-10/h1-5,11-12H,6-9H2,(H,18,21)(H,19,20)/t11-,12+/m1/s1. The molecule has 120 valence electrons. The van der Waals surface area contributed by atoms with Gasteiger partial charge in [0.15, 0.2) is 0 Å². The van der Waals surface area contributed by atoms with Crippen molar-refractivity contribution in [3.63, 3.8) is 0 Å². The fourth-order valence-electron chi connectivity index (χ4n) is 2.54. The Labute approximate surface area is 126 Å². The molecule has 1 fully saturated rings. The summed E-state index contributed by atoms with van der Waals surface area (Å²) >= 11 is 0. The second-order valence-electron chi connectivity index (χ2n) is 5.44. The molecule has 2 atom stereocenters. The number of nitrogens with one attached hydrogen (secondary N) is 1. The van der Waals surface area contributed by atoms with Crippen LogP contribution >= 0.6 is 0 Å². The fraction of sp³-hybridized carbons (Fsp3) is 0.467. The number of hydrogen-bond donors (Lipinski definition) is 2. The van der Waals surface area contributed by atoms with Crippen LogP contribution in [0.4, 0.5) is 13.6 Å². The Morgan fingerprint density at radius 2 is 1.95 bits per heavy atom. The number of benzene rings is 1. The maximum Gasteiger partial charge on any atom is 0.407 e. The highest BCUT2D eigenvalue weighted by Crippen LogP contribution is 2.37. The molecule has 1 aliphatic carbocycles. The number of alkyl halides is 2. The van der Waals surface area contributed by atoms with E-state index < -0.39 is 42.8 Å². The predicted molar refractivity (Wildman–Crippen MR) is 73.5 cm³/mol. The molecular formula is C15H17F2NO4. The summed E-state index contributed by atoms with van der Waals surface area (Å²) in [5.74, 6) is -5.54. The van der Waals surface area contributed by atoms with Gasteiger partial charge in [0.05, 0.1) is 5.92 Å². The van der Waals surface area contributed by atoms with Crippen LogP contribution < -0.4 is 5.32 Å². The van der Waals surface area contributed by atoms with Crippen molar-refractivity contribution in [1.29, 1.82) is 0 Å². The molecule has 1 amide bonds. The van der Waals surface area contributed by atoms with Crippen molar-refractivity contribution >= 4 is 12.1 Å². The van der Waals surface area contributed by atoms with E-state index >= 15 is 0 Å². The molecule has 7 heteroatoms. The molecule has 0 bridgehead atoms. The number of hydrogen-bond acceptors (Lipinski definition) is 3. The summed E-state index contributed by atoms with van der Waals surface area (Å²) < 4.78 is 32.0. The largest absolute Gasteiger partial charge is 0.481 e. The number of aliphatic carboxylic acids is 1. The van der Waals surface area contributed by atoms with Crippen LogP contribution in [0, 0.1) is 5.92 Å². The van der Waals surface area contributed by atoms with E-state index in [1.165, 1.54) is 0 Å². The highest BCUT2D eigenvalue weighted by Gasteiger charge is 2.44. The molecule has 1 aromatic carbocycles. The molecule has 0 heterocycles. The smallest absolute Gasteiger partial charge is 0.407 e. The summed E-state index contributed by atoms with van der Waals surface area (Å²) in [5.41, 5.74) is 0.773. The maximum absolute atomic E-state index is 13.5. The molecule has 0 aromatic heterocycles. The minimum Gasteiger partial charge on any atom is -0.481 e. The van der Waals surface area contributed by atoms with Crippen LogP contribution in [0.5, 0.6) is 0 Å². The van der Waals surface area contributed by atoms with Crippen molar-refractivity contribution < 1.29 is 28.2 Å². The number of alkyl carbamates (subject to hydrolysis) is 1. The molecule has 2 N–H and O–H groups in total. The first-order valence-electron chi connectivity index (χ1n) is 6.93. The Hall–Kier alpha value is -2.18. The van der Waals surface area contributed by atoms with Crippen molar-refractivity contribution in [2.24, 2.45) is 5.92 Å². The normalized spacial score (nSPS) is 23.5. The van der Waals surface area contributed by atoms with E-state index in [-0.39, 0.29) is 13.0 Å². The quantitative estimate of drug-likeness (QED) is 0.896. The summed E-state index contributed by atoms with van der Waals surface area (Å²) in [5, 5.41) is 11.2. The average Bonchev–Trinajstić information content (AvgIpc) is 2.44. The first kappa shape index (κ1) is 16.2. The third kappa shape index (κ3) is 4.68. The van der Waals surface area contributed by atoms with Gasteiger partial charge in [0, 0.05) is 18.9 Å². The molecule has 1 aromatic rings. The second-order valence-corrected chi connectivity index (χ2v) is 5.44. The van der Waals surface area contributed by atoms with E-state index in [1.54, 1.807) is 24.3 Å². The summed E-state index contributed by atoms with van der Waals surface area (Å²) in [4.78, 5) is 22.6. The van der Waals surface area contributed by atoms with Crippen LogP contribution in [0.25, 0.3) is 0 Å². The van der Waals surface area contributed by atoms with Gasteiger partial charge in [0.1, 0.15) is 6.61 Å². The molecule has 22 heavy (non-hydrogen) atoms. The molecule has 0 unspecified atom stereocenters. The lowest BCUT2D eigenvalue weighted by molar-refractivity contribution is -0.150. The van der Waals surface area contributed by atoms with Gasteiger partial charge in [-0.2, -0.15) is 0 Å². The molecule has 2 rings (SSSR count). The highest BCUT2D eigenvalue weighted by atomic mass is 19.3. The molecule has 0 aliphatic heterocycles. The number of amides is 1. The Morgan fingerprint density at radius 3 is 2.59 bits per heavy atom. The molecule has 0 radical (unpaired) electrons. The Bertz CT molecular complexity index is 536. The van der Waals surface area contributed by atoms with E-state index in [2.05, 4.69) is 5.32 Å². The van der Waals surface area contributed by atoms with E-state index in [4.69, 9.17) is 9.84 Å². The number of carboxylic acid groups (broad SMARTS) is 1. The van der Waals surface area contributed by atoms with Crippen LogP contribution in [-0.2, 0) is 16.1 Å². The predicted octanol–water partition coefficient (Wildman–Crippen LogP) is 2.80. The minimum absolute atomic E-state index is 0.0225. The average molecular weight is 313 g/mol. The van der Waals surface area contributed by atoms with Crippen molar-refractivity contribution in [2.45, 2.75) is 37.8 Å². The van der Waals surface area contributed by atoms with E-state index in [0.29, 0.717) is 0 Å². The zero-order chi connectivity index (χ0) is 16.2. The minimum atomic E-state index is -3.10. The number of carbonyl (C=O) groups is 2. The second kappa shape index (κ2) is 6.72. The molecule has 0 saturated heterocycles. The number of halogens is 2. The SMILES string of the molecule is O=C(N[C@H]1C[C@@H](C(=O)O)CC(F)(F)C1)OCc1ccccc1. The first-order valence-corrected chi connectivity index (χ1v) is 6.93. The third-order valence-corrected chi connectivity index (χ3v) is 3.54. The number of ether oxygens (including phenoxy) is 1. The Kier molecular flexibility index (Phi) is 4.95. The third-order valence-electron chi connectivity index (χ3n) is 3.54. The van der Waals surface area contributed by atoms with Crippen LogP contribution in [-0.4, -0.2) is 29.1 Å². The highest BCUT2D eigenvalue weighted by molar-refractivity contribution is 5.71. The van der Waals surface area contributed by atoms with Crippen molar-refractivity contribution in [2.75, 3.05) is 0 Å². The van der Waals surface area contributed by atoms with Gasteiger partial charge >= 0.3 is 12.1 Å². The van der Waals surface area contributed by atoms with Gasteiger partial charge in [-0.1, -0.05) is 30.3 Å². The van der Waals surface area contributed by atoms with Crippen LogP contribution in [0.1, 0.15) is 24.8 Å². The lowest BCUT2D eigenvalue weighted by Gasteiger charge is -2.32. The summed E-state index contributed by atoms with van der Waals surface area (Å²) in [6, 6.07) is 8.02. The van der Waals surface area contributed by atoms with E-state index in [1.807, 2.05) is 6.07 Å². The molecule has 0 spiro atoms. The van der Waals surface area contributed by atoms with Gasteiger partial charge in [0.25, 0.3) is 5.92 Å².